The Labute approximate surface area is 174 Å². The number of hydrogen-bond donors (Lipinski definition) is 1. The van der Waals surface area contributed by atoms with E-state index in [9.17, 15) is 9.90 Å². The van der Waals surface area contributed by atoms with Gasteiger partial charge in [0.05, 0.1) is 24.3 Å². The molecule has 1 fully saturated rings. The molecule has 1 saturated heterocycles. The van der Waals surface area contributed by atoms with Crippen LogP contribution in [0.3, 0.4) is 0 Å². The summed E-state index contributed by atoms with van der Waals surface area (Å²) in [4.78, 5) is 14.8. The molecule has 1 aliphatic heterocycles. The predicted molar refractivity (Wildman–Crippen MR) is 112 cm³/mol. The smallest absolute Gasteiger partial charge is 0.254 e. The maximum absolute atomic E-state index is 13.0. The number of carbonyl (C=O) groups excluding carboxylic acids is 1. The van der Waals surface area contributed by atoms with Gasteiger partial charge in [-0.25, -0.2) is 0 Å². The Bertz CT molecular complexity index is 804. The largest absolute Gasteiger partial charge is 0.493 e. The zero-order chi connectivity index (χ0) is 20.1. The first-order chi connectivity index (χ1) is 13.5. The van der Waals surface area contributed by atoms with Gasteiger partial charge in [-0.15, -0.1) is 0 Å². The number of nitrogens with zero attached hydrogens (tertiary/aromatic N) is 1. The minimum absolute atomic E-state index is 0.0327. The molecule has 28 heavy (non-hydrogen) atoms. The van der Waals surface area contributed by atoms with E-state index in [0.29, 0.717) is 41.2 Å². The van der Waals surface area contributed by atoms with E-state index in [1.807, 2.05) is 42.2 Å². The molecule has 5 nitrogen and oxygen atoms in total. The summed E-state index contributed by atoms with van der Waals surface area (Å²) in [5.74, 6) is 1.27. The van der Waals surface area contributed by atoms with E-state index in [2.05, 4.69) is 15.9 Å². The van der Waals surface area contributed by atoms with Crippen molar-refractivity contribution in [1.29, 1.82) is 0 Å². The van der Waals surface area contributed by atoms with E-state index in [1.165, 1.54) is 0 Å². The lowest BCUT2D eigenvalue weighted by atomic mass is 9.87. The van der Waals surface area contributed by atoms with Crippen LogP contribution < -0.4 is 9.47 Å². The van der Waals surface area contributed by atoms with Crippen molar-refractivity contribution in [2.45, 2.75) is 25.9 Å². The van der Waals surface area contributed by atoms with Gasteiger partial charge in [0, 0.05) is 18.7 Å². The minimum Gasteiger partial charge on any atom is -0.493 e. The summed E-state index contributed by atoms with van der Waals surface area (Å²) < 4.78 is 11.7. The summed E-state index contributed by atoms with van der Waals surface area (Å²) in [5, 5.41) is 10.6. The van der Waals surface area contributed by atoms with Crippen molar-refractivity contribution >= 4 is 21.8 Å². The molecule has 0 saturated carbocycles. The summed E-state index contributed by atoms with van der Waals surface area (Å²) in [6.45, 7) is 3.67. The molecule has 1 aliphatic rings. The SMILES string of the molecule is CCOc1c(Br)cc(C(=O)N2CCC(C(O)c3ccccc3)CC2)cc1OC. The van der Waals surface area contributed by atoms with Crippen molar-refractivity contribution in [2.24, 2.45) is 5.92 Å². The van der Waals surface area contributed by atoms with E-state index in [0.717, 1.165) is 18.4 Å². The van der Waals surface area contributed by atoms with Crippen LogP contribution in [0.5, 0.6) is 11.5 Å². The highest BCUT2D eigenvalue weighted by atomic mass is 79.9. The van der Waals surface area contributed by atoms with Crippen LogP contribution in [0.2, 0.25) is 0 Å². The summed E-state index contributed by atoms with van der Waals surface area (Å²) in [7, 11) is 1.56. The average molecular weight is 448 g/mol. The number of benzene rings is 2. The quantitative estimate of drug-likeness (QED) is 0.710. The van der Waals surface area contributed by atoms with Crippen LogP contribution in [0.25, 0.3) is 0 Å². The van der Waals surface area contributed by atoms with Gasteiger partial charge in [-0.2, -0.15) is 0 Å². The van der Waals surface area contributed by atoms with Crippen molar-refractivity contribution in [1.82, 2.24) is 4.90 Å². The highest BCUT2D eigenvalue weighted by Crippen LogP contribution is 2.37. The Morgan fingerprint density at radius 3 is 2.54 bits per heavy atom. The van der Waals surface area contributed by atoms with Crippen LogP contribution in [0, 0.1) is 5.92 Å². The number of halogens is 1. The number of aliphatic hydroxyl groups excluding tert-OH is 1. The van der Waals surface area contributed by atoms with Gasteiger partial charge in [0.15, 0.2) is 11.5 Å². The van der Waals surface area contributed by atoms with E-state index < -0.39 is 6.10 Å². The van der Waals surface area contributed by atoms with Crippen LogP contribution in [-0.4, -0.2) is 42.7 Å². The van der Waals surface area contributed by atoms with Gasteiger partial charge in [-0.1, -0.05) is 30.3 Å². The van der Waals surface area contributed by atoms with Gasteiger partial charge in [-0.3, -0.25) is 4.79 Å². The van der Waals surface area contributed by atoms with Crippen LogP contribution in [0.15, 0.2) is 46.9 Å². The number of amides is 1. The van der Waals surface area contributed by atoms with Gasteiger partial charge < -0.3 is 19.5 Å². The zero-order valence-corrected chi connectivity index (χ0v) is 17.8. The lowest BCUT2D eigenvalue weighted by Crippen LogP contribution is -2.39. The first-order valence-electron chi connectivity index (χ1n) is 9.57. The molecule has 0 aromatic heterocycles. The van der Waals surface area contributed by atoms with E-state index in [4.69, 9.17) is 9.47 Å². The van der Waals surface area contributed by atoms with Crippen molar-refractivity contribution in [3.63, 3.8) is 0 Å². The van der Waals surface area contributed by atoms with Gasteiger partial charge in [0.1, 0.15) is 0 Å². The molecule has 3 rings (SSSR count). The normalized spacial score (nSPS) is 15.9. The fourth-order valence-corrected chi connectivity index (χ4v) is 4.21. The van der Waals surface area contributed by atoms with Crippen molar-refractivity contribution < 1.29 is 19.4 Å². The van der Waals surface area contributed by atoms with E-state index in [-0.39, 0.29) is 11.8 Å². The van der Waals surface area contributed by atoms with Gasteiger partial charge in [-0.05, 0) is 59.3 Å². The third-order valence-corrected chi connectivity index (χ3v) is 5.77. The molecule has 2 aromatic carbocycles. The number of piperidine rings is 1. The van der Waals surface area contributed by atoms with Crippen LogP contribution in [-0.2, 0) is 0 Å². The Kier molecular flexibility index (Phi) is 6.97. The molecular weight excluding hydrogens is 422 g/mol. The molecule has 1 N–H and O–H groups in total. The van der Waals surface area contributed by atoms with Gasteiger partial charge in [0.25, 0.3) is 5.91 Å². The van der Waals surface area contributed by atoms with E-state index >= 15 is 0 Å². The lowest BCUT2D eigenvalue weighted by Gasteiger charge is -2.34. The molecule has 1 atom stereocenters. The molecule has 0 aliphatic carbocycles. The Morgan fingerprint density at radius 2 is 1.93 bits per heavy atom. The topological polar surface area (TPSA) is 59.0 Å². The van der Waals surface area contributed by atoms with Gasteiger partial charge >= 0.3 is 0 Å². The molecule has 2 aromatic rings. The maximum Gasteiger partial charge on any atom is 0.254 e. The maximum atomic E-state index is 13.0. The van der Waals surface area contributed by atoms with Crippen LogP contribution in [0.1, 0.15) is 41.8 Å². The summed E-state index contributed by atoms with van der Waals surface area (Å²) in [5.41, 5.74) is 1.50. The molecule has 150 valence electrons. The number of ether oxygens (including phenoxy) is 2. The molecule has 1 heterocycles. The standard InChI is InChI=1S/C22H26BrNO4/c1-3-28-21-18(23)13-17(14-19(21)27-2)22(26)24-11-9-16(10-12-24)20(25)15-7-5-4-6-8-15/h4-8,13-14,16,20,25H,3,9-12H2,1-2H3. The second-order valence-electron chi connectivity index (χ2n) is 6.91. The van der Waals surface area contributed by atoms with Gasteiger partial charge in [0.2, 0.25) is 0 Å². The number of hydrogen-bond acceptors (Lipinski definition) is 4. The third-order valence-electron chi connectivity index (χ3n) is 5.18. The second-order valence-corrected chi connectivity index (χ2v) is 7.76. The fraction of sp³-hybridized carbons (Fsp3) is 0.409. The highest BCUT2D eigenvalue weighted by molar-refractivity contribution is 9.10. The number of likely N-dealkylation sites (tertiary alicyclic amines) is 1. The molecule has 1 unspecified atom stereocenters. The predicted octanol–water partition coefficient (Wildman–Crippen LogP) is 4.44. The minimum atomic E-state index is -0.488. The summed E-state index contributed by atoms with van der Waals surface area (Å²) in [6, 6.07) is 13.2. The number of rotatable bonds is 6. The first-order valence-corrected chi connectivity index (χ1v) is 10.4. The monoisotopic (exact) mass is 447 g/mol. The third kappa shape index (κ3) is 4.50. The van der Waals surface area contributed by atoms with Crippen molar-refractivity contribution in [2.75, 3.05) is 26.8 Å². The number of methoxy groups -OCH3 is 1. The lowest BCUT2D eigenvalue weighted by molar-refractivity contribution is 0.0462. The number of carbonyl (C=O) groups is 1. The Balaban J connectivity index is 1.67. The molecule has 0 bridgehead atoms. The highest BCUT2D eigenvalue weighted by Gasteiger charge is 2.29. The number of aliphatic hydroxyl groups is 1. The summed E-state index contributed by atoms with van der Waals surface area (Å²) >= 11 is 3.48. The zero-order valence-electron chi connectivity index (χ0n) is 16.2. The summed E-state index contributed by atoms with van der Waals surface area (Å²) in [6.07, 6.45) is 1.06. The Morgan fingerprint density at radius 1 is 1.25 bits per heavy atom. The molecular formula is C22H26BrNO4. The second kappa shape index (κ2) is 9.43. The molecule has 6 heteroatoms. The van der Waals surface area contributed by atoms with E-state index in [1.54, 1.807) is 19.2 Å². The average Bonchev–Trinajstić information content (AvgIpc) is 2.74. The fourth-order valence-electron chi connectivity index (χ4n) is 3.65. The molecule has 1 amide bonds. The Hall–Kier alpha value is -2.05. The van der Waals surface area contributed by atoms with Crippen molar-refractivity contribution in [3.8, 4) is 11.5 Å². The van der Waals surface area contributed by atoms with Crippen LogP contribution >= 0.6 is 15.9 Å². The van der Waals surface area contributed by atoms with Crippen molar-refractivity contribution in [3.05, 3.63) is 58.1 Å². The van der Waals surface area contributed by atoms with Crippen LogP contribution in [0.4, 0.5) is 0 Å². The first kappa shape index (κ1) is 20.7. The molecule has 0 spiro atoms. The molecule has 0 radical (unpaired) electrons.